The fourth-order valence-corrected chi connectivity index (χ4v) is 4.61. The molecule has 1 saturated carbocycles. The van der Waals surface area contributed by atoms with Gasteiger partial charge in [0.1, 0.15) is 0 Å². The highest BCUT2D eigenvalue weighted by Crippen LogP contribution is 2.58. The molecule has 0 aromatic heterocycles. The van der Waals surface area contributed by atoms with Crippen LogP contribution in [-0.2, 0) is 9.59 Å². The molecule has 5 heteroatoms. The molecule has 21 heavy (non-hydrogen) atoms. The van der Waals surface area contributed by atoms with E-state index in [9.17, 15) is 14.7 Å². The first-order valence-corrected chi connectivity index (χ1v) is 8.07. The fraction of sp³-hybridized carbons (Fsp3) is 0.875. The molecule has 2 aliphatic heterocycles. The van der Waals surface area contributed by atoms with Crippen molar-refractivity contribution in [2.45, 2.75) is 64.1 Å². The molecule has 3 aliphatic rings. The second-order valence-electron chi connectivity index (χ2n) is 7.70. The maximum atomic E-state index is 12.4. The van der Waals surface area contributed by atoms with Crippen LogP contribution < -0.4 is 5.32 Å². The highest BCUT2D eigenvalue weighted by molar-refractivity contribution is 5.91. The number of carboxylic acids is 1. The molecule has 0 aromatic rings. The molecule has 4 unspecified atom stereocenters. The molecule has 0 spiro atoms. The van der Waals surface area contributed by atoms with E-state index < -0.39 is 17.3 Å². The van der Waals surface area contributed by atoms with Gasteiger partial charge in [0.25, 0.3) is 0 Å². The Bertz CT molecular complexity index is 448. The van der Waals surface area contributed by atoms with Crippen molar-refractivity contribution in [3.8, 4) is 0 Å². The van der Waals surface area contributed by atoms with Gasteiger partial charge in [-0.05, 0) is 38.1 Å². The molecule has 5 nitrogen and oxygen atoms in total. The molecule has 4 atom stereocenters. The summed E-state index contributed by atoms with van der Waals surface area (Å²) in [6.45, 7) is 3.75. The Morgan fingerprint density at radius 3 is 2.19 bits per heavy atom. The SMILES string of the molecule is CN1C2CCCC1CC(NC(=O)C1C(C(=O)O)C1(C)C)C2. The Morgan fingerprint density at radius 1 is 1.14 bits per heavy atom. The smallest absolute Gasteiger partial charge is 0.307 e. The Labute approximate surface area is 126 Å². The van der Waals surface area contributed by atoms with Gasteiger partial charge in [0.15, 0.2) is 0 Å². The van der Waals surface area contributed by atoms with E-state index in [2.05, 4.69) is 17.3 Å². The molecule has 118 valence electrons. The topological polar surface area (TPSA) is 69.6 Å². The van der Waals surface area contributed by atoms with Crippen LogP contribution >= 0.6 is 0 Å². The normalized spacial score (nSPS) is 41.4. The summed E-state index contributed by atoms with van der Waals surface area (Å²) in [4.78, 5) is 26.1. The van der Waals surface area contributed by atoms with Crippen molar-refractivity contribution in [2.24, 2.45) is 17.3 Å². The summed E-state index contributed by atoms with van der Waals surface area (Å²) in [5.41, 5.74) is -0.406. The fourth-order valence-electron chi connectivity index (χ4n) is 4.61. The predicted molar refractivity (Wildman–Crippen MR) is 78.8 cm³/mol. The molecule has 1 amide bonds. The third-order valence-electron chi connectivity index (χ3n) is 6.06. The van der Waals surface area contributed by atoms with Gasteiger partial charge in [-0.3, -0.25) is 9.59 Å². The van der Waals surface area contributed by atoms with Gasteiger partial charge in [0, 0.05) is 18.1 Å². The van der Waals surface area contributed by atoms with E-state index in [-0.39, 0.29) is 17.9 Å². The largest absolute Gasteiger partial charge is 0.481 e. The van der Waals surface area contributed by atoms with Gasteiger partial charge in [-0.25, -0.2) is 0 Å². The number of hydrogen-bond acceptors (Lipinski definition) is 3. The number of aliphatic carboxylic acids is 1. The predicted octanol–water partition coefficient (Wildman–Crippen LogP) is 1.47. The average molecular weight is 294 g/mol. The van der Waals surface area contributed by atoms with Gasteiger partial charge in [-0.15, -0.1) is 0 Å². The van der Waals surface area contributed by atoms with Crippen molar-refractivity contribution < 1.29 is 14.7 Å². The van der Waals surface area contributed by atoms with Crippen molar-refractivity contribution in [2.75, 3.05) is 7.05 Å². The van der Waals surface area contributed by atoms with Crippen LogP contribution in [0.4, 0.5) is 0 Å². The molecule has 3 rings (SSSR count). The molecule has 2 heterocycles. The van der Waals surface area contributed by atoms with Gasteiger partial charge < -0.3 is 15.3 Å². The first-order chi connectivity index (χ1) is 9.82. The van der Waals surface area contributed by atoms with E-state index in [1.165, 1.54) is 19.3 Å². The monoisotopic (exact) mass is 294 g/mol. The van der Waals surface area contributed by atoms with E-state index in [1.54, 1.807) is 0 Å². The zero-order valence-electron chi connectivity index (χ0n) is 13.1. The van der Waals surface area contributed by atoms with Crippen LogP contribution in [0.5, 0.6) is 0 Å². The van der Waals surface area contributed by atoms with Gasteiger partial charge in [0.2, 0.25) is 5.91 Å². The number of nitrogens with zero attached hydrogens (tertiary/aromatic N) is 1. The maximum absolute atomic E-state index is 12.4. The lowest BCUT2D eigenvalue weighted by Crippen LogP contribution is -2.55. The number of hydrogen-bond donors (Lipinski definition) is 2. The van der Waals surface area contributed by atoms with E-state index in [1.807, 2.05) is 13.8 Å². The highest BCUT2D eigenvalue weighted by atomic mass is 16.4. The van der Waals surface area contributed by atoms with Crippen molar-refractivity contribution in [3.05, 3.63) is 0 Å². The van der Waals surface area contributed by atoms with E-state index in [0.717, 1.165) is 12.8 Å². The number of carbonyl (C=O) groups is 2. The maximum Gasteiger partial charge on any atom is 0.307 e. The Kier molecular flexibility index (Phi) is 3.51. The van der Waals surface area contributed by atoms with E-state index in [4.69, 9.17) is 0 Å². The van der Waals surface area contributed by atoms with Crippen LogP contribution in [0.15, 0.2) is 0 Å². The zero-order chi connectivity index (χ0) is 15.4. The number of fused-ring (bicyclic) bond motifs is 2. The minimum absolute atomic E-state index is 0.0555. The van der Waals surface area contributed by atoms with Gasteiger partial charge >= 0.3 is 5.97 Å². The van der Waals surface area contributed by atoms with Crippen molar-refractivity contribution in [1.29, 1.82) is 0 Å². The lowest BCUT2D eigenvalue weighted by molar-refractivity contribution is -0.140. The summed E-state index contributed by atoms with van der Waals surface area (Å²) >= 11 is 0. The standard InChI is InChI=1S/C16H26N2O3/c1-16(2)12(13(16)15(20)21)14(19)17-9-7-10-5-4-6-11(8-9)18(10)3/h9-13H,4-8H2,1-3H3,(H,17,19)(H,20,21). The molecule has 2 bridgehead atoms. The van der Waals surface area contributed by atoms with Crippen molar-refractivity contribution in [1.82, 2.24) is 10.2 Å². The Morgan fingerprint density at radius 2 is 1.71 bits per heavy atom. The third kappa shape index (κ3) is 2.45. The quantitative estimate of drug-likeness (QED) is 0.827. The van der Waals surface area contributed by atoms with E-state index >= 15 is 0 Å². The summed E-state index contributed by atoms with van der Waals surface area (Å²) < 4.78 is 0. The average Bonchev–Trinajstić information content (AvgIpc) is 2.94. The second-order valence-corrected chi connectivity index (χ2v) is 7.70. The number of piperidine rings is 2. The van der Waals surface area contributed by atoms with Crippen molar-refractivity contribution in [3.63, 3.8) is 0 Å². The molecule has 2 N–H and O–H groups in total. The summed E-state index contributed by atoms with van der Waals surface area (Å²) in [6.07, 6.45) is 5.72. The number of rotatable bonds is 3. The summed E-state index contributed by atoms with van der Waals surface area (Å²) in [5, 5.41) is 12.3. The van der Waals surface area contributed by atoms with Gasteiger partial charge in [-0.2, -0.15) is 0 Å². The second kappa shape index (κ2) is 4.97. The third-order valence-corrected chi connectivity index (χ3v) is 6.06. The van der Waals surface area contributed by atoms with Crippen LogP contribution in [0.2, 0.25) is 0 Å². The molecule has 1 aliphatic carbocycles. The lowest BCUT2D eigenvalue weighted by atomic mass is 9.82. The van der Waals surface area contributed by atoms with Crippen LogP contribution in [0, 0.1) is 17.3 Å². The van der Waals surface area contributed by atoms with E-state index in [0.29, 0.717) is 12.1 Å². The molecule has 0 aromatic carbocycles. The number of amides is 1. The van der Waals surface area contributed by atoms with Crippen LogP contribution in [0.1, 0.15) is 46.0 Å². The minimum Gasteiger partial charge on any atom is -0.481 e. The minimum atomic E-state index is -0.847. The molecular formula is C16H26N2O3. The number of carboxylic acid groups (broad SMARTS) is 1. The van der Waals surface area contributed by atoms with Crippen molar-refractivity contribution >= 4 is 11.9 Å². The lowest BCUT2D eigenvalue weighted by Gasteiger charge is -2.47. The highest BCUT2D eigenvalue weighted by Gasteiger charge is 2.66. The van der Waals surface area contributed by atoms with Crippen LogP contribution in [-0.4, -0.2) is 47.1 Å². The summed E-state index contributed by atoms with van der Waals surface area (Å²) in [7, 11) is 2.19. The van der Waals surface area contributed by atoms with Crippen LogP contribution in [0.3, 0.4) is 0 Å². The Hall–Kier alpha value is -1.10. The van der Waals surface area contributed by atoms with Gasteiger partial charge in [-0.1, -0.05) is 20.3 Å². The van der Waals surface area contributed by atoms with Crippen LogP contribution in [0.25, 0.3) is 0 Å². The summed E-state index contributed by atoms with van der Waals surface area (Å²) in [5.74, 6) is -1.79. The molecule has 0 radical (unpaired) electrons. The molecule has 2 saturated heterocycles. The first-order valence-electron chi connectivity index (χ1n) is 8.07. The summed E-state index contributed by atoms with van der Waals surface area (Å²) in [6, 6.07) is 1.37. The molecule has 3 fully saturated rings. The zero-order valence-corrected chi connectivity index (χ0v) is 13.1. The number of nitrogens with one attached hydrogen (secondary N) is 1. The Balaban J connectivity index is 1.60. The molecular weight excluding hydrogens is 268 g/mol. The first kappa shape index (κ1) is 14.8. The number of carbonyl (C=O) groups excluding carboxylic acids is 1. The van der Waals surface area contributed by atoms with Gasteiger partial charge in [0.05, 0.1) is 11.8 Å².